The molecule has 2 unspecified atom stereocenters. The lowest BCUT2D eigenvalue weighted by Gasteiger charge is -2.61. The van der Waals surface area contributed by atoms with E-state index in [4.69, 9.17) is 0 Å². The maximum Gasteiger partial charge on any atom is 0.190 e. The topological polar surface area (TPSA) is 94.8 Å². The lowest BCUT2D eigenvalue weighted by molar-refractivity contribution is -0.169. The van der Waals surface area contributed by atoms with Crippen LogP contribution in [0.4, 0.5) is 0 Å². The predicted molar refractivity (Wildman–Crippen MR) is 99.7 cm³/mol. The van der Waals surface area contributed by atoms with Crippen LogP contribution in [-0.4, -0.2) is 45.2 Å². The Morgan fingerprint density at radius 3 is 2.56 bits per heavy atom. The fraction of sp³-hybridized carbons (Fsp3) is 0.818. The van der Waals surface area contributed by atoms with E-state index in [1.807, 2.05) is 6.92 Å². The molecule has 0 saturated heterocycles. The summed E-state index contributed by atoms with van der Waals surface area (Å²) in [5, 5.41) is 31.6. The van der Waals surface area contributed by atoms with Crippen LogP contribution in [0, 0.1) is 34.5 Å². The molecule has 0 amide bonds. The molecule has 4 aliphatic carbocycles. The Labute approximate surface area is 160 Å². The molecule has 4 aliphatic rings. The van der Waals surface area contributed by atoms with Crippen molar-refractivity contribution in [3.8, 4) is 0 Å². The van der Waals surface area contributed by atoms with E-state index in [-0.39, 0.29) is 30.0 Å². The van der Waals surface area contributed by atoms with Crippen LogP contribution in [0.15, 0.2) is 11.6 Å². The van der Waals surface area contributed by atoms with Gasteiger partial charge in [-0.15, -0.1) is 0 Å². The molecule has 0 aromatic carbocycles. The normalized spacial score (nSPS) is 51.9. The predicted octanol–water partition coefficient (Wildman–Crippen LogP) is 2.03. The quantitative estimate of drug-likeness (QED) is 0.685. The molecule has 8 atom stereocenters. The van der Waals surface area contributed by atoms with E-state index >= 15 is 0 Å². The van der Waals surface area contributed by atoms with Gasteiger partial charge in [-0.05, 0) is 61.9 Å². The van der Waals surface area contributed by atoms with Crippen LogP contribution >= 0.6 is 0 Å². The van der Waals surface area contributed by atoms with Gasteiger partial charge in [0.25, 0.3) is 0 Å². The third kappa shape index (κ3) is 2.28. The van der Waals surface area contributed by atoms with E-state index in [1.54, 1.807) is 6.08 Å². The Bertz CT molecular complexity index is 713. The molecule has 0 radical (unpaired) electrons. The Balaban J connectivity index is 1.74. The lowest BCUT2D eigenvalue weighted by Crippen LogP contribution is -2.60. The maximum absolute atomic E-state index is 12.4. The standard InChI is InChI=1S/C22H32O5/c1-12-8-14-15-5-7-22(27,19(26)11-23)20(15,2)6-4-16(14)21(3)17(12)9-13(24)10-18(21)25/h9,12,14-16,18,23,25,27H,4-8,10-11H2,1-3H3/t12?,14-,15-,16-,18?,20-,21+,22-/m0/s1. The van der Waals surface area contributed by atoms with Crippen molar-refractivity contribution in [3.63, 3.8) is 0 Å². The largest absolute Gasteiger partial charge is 0.392 e. The number of hydrogen-bond acceptors (Lipinski definition) is 5. The summed E-state index contributed by atoms with van der Waals surface area (Å²) in [4.78, 5) is 24.5. The highest BCUT2D eigenvalue weighted by Gasteiger charge is 2.67. The third-order valence-electron chi connectivity index (χ3n) is 9.15. The number of fused-ring (bicyclic) bond motifs is 5. The first-order valence-electron chi connectivity index (χ1n) is 10.4. The second kappa shape index (κ2) is 5.98. The van der Waals surface area contributed by atoms with E-state index in [9.17, 15) is 24.9 Å². The van der Waals surface area contributed by atoms with Crippen molar-refractivity contribution in [1.82, 2.24) is 0 Å². The van der Waals surface area contributed by atoms with Gasteiger partial charge in [0, 0.05) is 17.3 Å². The minimum Gasteiger partial charge on any atom is -0.392 e. The first kappa shape index (κ1) is 19.3. The summed E-state index contributed by atoms with van der Waals surface area (Å²) in [6.45, 7) is 5.66. The highest BCUT2D eigenvalue weighted by Crippen LogP contribution is 2.68. The summed E-state index contributed by atoms with van der Waals surface area (Å²) in [5.74, 6) is 0.536. The minimum absolute atomic E-state index is 0.0182. The monoisotopic (exact) mass is 376 g/mol. The maximum atomic E-state index is 12.4. The zero-order valence-electron chi connectivity index (χ0n) is 16.6. The second-order valence-corrected chi connectivity index (χ2v) is 10.0. The average molecular weight is 376 g/mol. The highest BCUT2D eigenvalue weighted by molar-refractivity contribution is 5.92. The number of rotatable bonds is 2. The molecule has 4 rings (SSSR count). The van der Waals surface area contributed by atoms with Gasteiger partial charge in [0.15, 0.2) is 11.6 Å². The zero-order chi connectivity index (χ0) is 19.8. The Morgan fingerprint density at radius 1 is 1.22 bits per heavy atom. The molecule has 3 N–H and O–H groups in total. The molecular formula is C22H32O5. The van der Waals surface area contributed by atoms with Crippen molar-refractivity contribution >= 4 is 11.6 Å². The molecule has 0 spiro atoms. The second-order valence-electron chi connectivity index (χ2n) is 10.0. The number of hydrogen-bond donors (Lipinski definition) is 3. The summed E-state index contributed by atoms with van der Waals surface area (Å²) in [6.07, 6.45) is 4.94. The first-order valence-corrected chi connectivity index (χ1v) is 10.4. The van der Waals surface area contributed by atoms with Gasteiger partial charge in [0.2, 0.25) is 0 Å². The zero-order valence-corrected chi connectivity index (χ0v) is 16.6. The van der Waals surface area contributed by atoms with Crippen molar-refractivity contribution in [2.75, 3.05) is 6.61 Å². The number of aliphatic hydroxyl groups is 3. The molecule has 5 heteroatoms. The van der Waals surface area contributed by atoms with Crippen LogP contribution in [0.2, 0.25) is 0 Å². The molecule has 5 nitrogen and oxygen atoms in total. The van der Waals surface area contributed by atoms with Gasteiger partial charge >= 0.3 is 0 Å². The summed E-state index contributed by atoms with van der Waals surface area (Å²) in [6, 6.07) is 0. The lowest BCUT2D eigenvalue weighted by atomic mass is 9.44. The van der Waals surface area contributed by atoms with E-state index < -0.39 is 34.9 Å². The number of ketones is 2. The van der Waals surface area contributed by atoms with Gasteiger partial charge in [0.05, 0.1) is 6.10 Å². The number of aliphatic hydroxyl groups excluding tert-OH is 2. The number of carbonyl (C=O) groups is 2. The van der Waals surface area contributed by atoms with E-state index in [2.05, 4.69) is 13.8 Å². The smallest absolute Gasteiger partial charge is 0.190 e. The van der Waals surface area contributed by atoms with Gasteiger partial charge in [0.1, 0.15) is 12.2 Å². The third-order valence-corrected chi connectivity index (χ3v) is 9.15. The molecule has 0 aromatic heterocycles. The minimum atomic E-state index is -1.45. The van der Waals surface area contributed by atoms with Crippen LogP contribution in [0.3, 0.4) is 0 Å². The fourth-order valence-electron chi connectivity index (χ4n) is 7.62. The molecule has 0 aliphatic heterocycles. The Hall–Kier alpha value is -1.04. The van der Waals surface area contributed by atoms with Crippen LogP contribution in [0.25, 0.3) is 0 Å². The van der Waals surface area contributed by atoms with Gasteiger partial charge in [-0.25, -0.2) is 0 Å². The van der Waals surface area contributed by atoms with Crippen LogP contribution < -0.4 is 0 Å². The Kier molecular flexibility index (Phi) is 4.27. The molecule has 0 aromatic rings. The molecule has 150 valence electrons. The Morgan fingerprint density at radius 2 is 1.89 bits per heavy atom. The van der Waals surface area contributed by atoms with Crippen LogP contribution in [-0.2, 0) is 9.59 Å². The van der Waals surface area contributed by atoms with Crippen molar-refractivity contribution in [3.05, 3.63) is 11.6 Å². The van der Waals surface area contributed by atoms with Crippen LogP contribution in [0.1, 0.15) is 59.3 Å². The summed E-state index contributed by atoms with van der Waals surface area (Å²) < 4.78 is 0. The summed E-state index contributed by atoms with van der Waals surface area (Å²) in [7, 11) is 0. The van der Waals surface area contributed by atoms with Gasteiger partial charge in [-0.1, -0.05) is 26.3 Å². The molecular weight excluding hydrogens is 344 g/mol. The van der Waals surface area contributed by atoms with Crippen molar-refractivity contribution < 1.29 is 24.9 Å². The molecule has 0 bridgehead atoms. The SMILES string of the molecule is CC1C[C@H]2[C@@H]3CC[C@](O)(C(=O)CO)[C@@]3(C)CC[C@@H]2[C@]2(C)C1=CC(=O)CC2O. The number of Topliss-reactive ketones (excluding diaryl/α,β-unsaturated/α-hetero) is 1. The van der Waals surface area contributed by atoms with Crippen molar-refractivity contribution in [1.29, 1.82) is 0 Å². The van der Waals surface area contributed by atoms with Crippen LogP contribution in [0.5, 0.6) is 0 Å². The van der Waals surface area contributed by atoms with E-state index in [1.165, 1.54) is 0 Å². The summed E-state index contributed by atoms with van der Waals surface area (Å²) in [5.41, 5.74) is -1.28. The molecule has 0 heterocycles. The van der Waals surface area contributed by atoms with E-state index in [0.717, 1.165) is 24.8 Å². The van der Waals surface area contributed by atoms with Crippen molar-refractivity contribution in [2.45, 2.75) is 71.0 Å². The molecule has 27 heavy (non-hydrogen) atoms. The van der Waals surface area contributed by atoms with Gasteiger partial charge in [-0.3, -0.25) is 9.59 Å². The van der Waals surface area contributed by atoms with Gasteiger partial charge < -0.3 is 15.3 Å². The first-order chi connectivity index (χ1) is 12.6. The van der Waals surface area contributed by atoms with E-state index in [0.29, 0.717) is 18.8 Å². The molecule has 3 saturated carbocycles. The van der Waals surface area contributed by atoms with Gasteiger partial charge in [-0.2, -0.15) is 0 Å². The fourth-order valence-corrected chi connectivity index (χ4v) is 7.62. The average Bonchev–Trinajstić information content (AvgIpc) is 2.89. The number of carbonyl (C=O) groups excluding carboxylic acids is 2. The highest BCUT2D eigenvalue weighted by atomic mass is 16.3. The summed E-state index contributed by atoms with van der Waals surface area (Å²) >= 11 is 0. The van der Waals surface area contributed by atoms with Crippen molar-refractivity contribution in [2.24, 2.45) is 34.5 Å². The molecule has 3 fully saturated rings.